The van der Waals surface area contributed by atoms with E-state index in [0.717, 1.165) is 6.92 Å². The van der Waals surface area contributed by atoms with Crippen molar-refractivity contribution in [1.29, 1.82) is 0 Å². The molecule has 1 atom stereocenters. The van der Waals surface area contributed by atoms with E-state index < -0.39 is 18.0 Å². The van der Waals surface area contributed by atoms with Crippen molar-refractivity contribution in [2.24, 2.45) is 0 Å². The number of hydrogen-bond acceptors (Lipinski definition) is 4. The summed E-state index contributed by atoms with van der Waals surface area (Å²) in [5.74, 6) is -1.34. The molecule has 0 aromatic rings. The number of carbonyl (C=O) groups excluding carboxylic acids is 2. The van der Waals surface area contributed by atoms with Crippen molar-refractivity contribution in [1.82, 2.24) is 0 Å². The van der Waals surface area contributed by atoms with Gasteiger partial charge in [0.2, 0.25) is 0 Å². The maximum atomic E-state index is 10.5. The molecule has 0 spiro atoms. The summed E-state index contributed by atoms with van der Waals surface area (Å²) >= 11 is 0. The topological polar surface area (TPSA) is 63.6 Å². The summed E-state index contributed by atoms with van der Waals surface area (Å²) in [7, 11) is 0. The number of aliphatic hydroxyl groups excluding tert-OH is 1. The van der Waals surface area contributed by atoms with Gasteiger partial charge in [-0.3, -0.25) is 9.59 Å². The van der Waals surface area contributed by atoms with Crippen molar-refractivity contribution in [3.63, 3.8) is 0 Å². The third-order valence-electron chi connectivity index (χ3n) is 0.720. The summed E-state index contributed by atoms with van der Waals surface area (Å²) in [6.45, 7) is 2.58. The molecule has 0 heterocycles. The molecule has 1 unspecified atom stereocenters. The summed E-state index contributed by atoms with van der Waals surface area (Å²) in [6.07, 6.45) is -0.897. The molecule has 0 radical (unpaired) electrons. The Kier molecular flexibility index (Phi) is 3.64. The Morgan fingerprint density at radius 2 is 2.10 bits per heavy atom. The first-order valence-electron chi connectivity index (χ1n) is 2.91. The van der Waals surface area contributed by atoms with Gasteiger partial charge in [-0.2, -0.15) is 0 Å². The Hall–Kier alpha value is -0.900. The molecule has 0 rings (SSSR count). The second-order valence-corrected chi connectivity index (χ2v) is 2.02. The second kappa shape index (κ2) is 4.00. The highest BCUT2D eigenvalue weighted by atomic mass is 16.6. The molecular weight excluding hydrogens is 136 g/mol. The van der Waals surface area contributed by atoms with Crippen LogP contribution in [0.1, 0.15) is 20.3 Å². The molecule has 0 saturated carbocycles. The van der Waals surface area contributed by atoms with Crippen molar-refractivity contribution in [2.75, 3.05) is 0 Å². The number of ether oxygens (including phenoxy) is 1. The number of hydrogen-bond donors (Lipinski definition) is 1. The van der Waals surface area contributed by atoms with Gasteiger partial charge in [0.05, 0.1) is 12.5 Å². The highest BCUT2D eigenvalue weighted by Gasteiger charge is 2.08. The van der Waals surface area contributed by atoms with Gasteiger partial charge in [0, 0.05) is 6.92 Å². The van der Waals surface area contributed by atoms with Crippen LogP contribution in [0.15, 0.2) is 0 Å². The quantitative estimate of drug-likeness (QED) is 0.434. The van der Waals surface area contributed by atoms with Crippen LogP contribution in [-0.2, 0) is 14.3 Å². The monoisotopic (exact) mass is 146 g/mol. The van der Waals surface area contributed by atoms with E-state index in [9.17, 15) is 9.59 Å². The van der Waals surface area contributed by atoms with Crippen LogP contribution in [0.2, 0.25) is 0 Å². The van der Waals surface area contributed by atoms with E-state index in [-0.39, 0.29) is 6.42 Å². The molecule has 0 aromatic heterocycles. The summed E-state index contributed by atoms with van der Waals surface area (Å²) in [5.41, 5.74) is 0. The fourth-order valence-corrected chi connectivity index (χ4v) is 0.443. The fourth-order valence-electron chi connectivity index (χ4n) is 0.443. The molecule has 0 aromatic carbocycles. The first-order chi connectivity index (χ1) is 4.52. The second-order valence-electron chi connectivity index (χ2n) is 2.02. The van der Waals surface area contributed by atoms with Crippen LogP contribution in [-0.4, -0.2) is 23.1 Å². The van der Waals surface area contributed by atoms with E-state index in [0.29, 0.717) is 0 Å². The first kappa shape index (κ1) is 9.10. The zero-order valence-electron chi connectivity index (χ0n) is 5.96. The van der Waals surface area contributed by atoms with Gasteiger partial charge < -0.3 is 9.84 Å². The van der Waals surface area contributed by atoms with E-state index in [4.69, 9.17) is 5.11 Å². The Morgan fingerprint density at radius 3 is 2.40 bits per heavy atom. The minimum absolute atomic E-state index is 0.139. The minimum Gasteiger partial charge on any atom is -0.393 e. The molecule has 10 heavy (non-hydrogen) atoms. The number of aliphatic hydroxyl groups is 1. The van der Waals surface area contributed by atoms with Gasteiger partial charge in [-0.05, 0) is 6.92 Å². The van der Waals surface area contributed by atoms with Crippen molar-refractivity contribution in [2.45, 2.75) is 26.4 Å². The van der Waals surface area contributed by atoms with Crippen LogP contribution < -0.4 is 0 Å². The molecule has 4 nitrogen and oxygen atoms in total. The van der Waals surface area contributed by atoms with Crippen LogP contribution in [0.3, 0.4) is 0 Å². The average molecular weight is 146 g/mol. The lowest BCUT2D eigenvalue weighted by Crippen LogP contribution is -2.14. The predicted octanol–water partition coefficient (Wildman–Crippen LogP) is -0.153. The van der Waals surface area contributed by atoms with Crippen LogP contribution in [0.4, 0.5) is 0 Å². The van der Waals surface area contributed by atoms with Crippen LogP contribution in [0.5, 0.6) is 0 Å². The largest absolute Gasteiger partial charge is 0.393 e. The van der Waals surface area contributed by atoms with Gasteiger partial charge in [-0.15, -0.1) is 0 Å². The van der Waals surface area contributed by atoms with E-state index in [1.807, 2.05) is 0 Å². The Bertz CT molecular complexity index is 139. The molecule has 0 bridgehead atoms. The molecule has 0 saturated heterocycles. The highest BCUT2D eigenvalue weighted by molar-refractivity contribution is 5.84. The molecule has 58 valence electrons. The molecule has 1 N–H and O–H groups in total. The molecule has 0 aliphatic heterocycles. The minimum atomic E-state index is -0.758. The third-order valence-corrected chi connectivity index (χ3v) is 0.720. The molecule has 0 amide bonds. The summed E-state index contributed by atoms with van der Waals surface area (Å²) in [5, 5.41) is 8.62. The van der Waals surface area contributed by atoms with Crippen molar-refractivity contribution in [3.8, 4) is 0 Å². The summed E-state index contributed by atoms with van der Waals surface area (Å²) < 4.78 is 4.12. The van der Waals surface area contributed by atoms with Crippen LogP contribution in [0.25, 0.3) is 0 Å². The average Bonchev–Trinajstić information content (AvgIpc) is 1.58. The third kappa shape index (κ3) is 5.24. The Balaban J connectivity index is 3.54. The van der Waals surface area contributed by atoms with Gasteiger partial charge in [0.25, 0.3) is 0 Å². The molecular formula is C6H10O4. The maximum Gasteiger partial charge on any atom is 0.316 e. The first-order valence-corrected chi connectivity index (χ1v) is 2.91. The smallest absolute Gasteiger partial charge is 0.316 e. The predicted molar refractivity (Wildman–Crippen MR) is 33.1 cm³/mol. The highest BCUT2D eigenvalue weighted by Crippen LogP contribution is 1.92. The zero-order valence-corrected chi connectivity index (χ0v) is 5.96. The summed E-state index contributed by atoms with van der Waals surface area (Å²) in [6, 6.07) is 0. The maximum absolute atomic E-state index is 10.5. The zero-order chi connectivity index (χ0) is 8.15. The van der Waals surface area contributed by atoms with Gasteiger partial charge in [-0.1, -0.05) is 0 Å². The van der Waals surface area contributed by atoms with Crippen molar-refractivity contribution >= 4 is 11.9 Å². The summed E-state index contributed by atoms with van der Waals surface area (Å²) in [4.78, 5) is 20.6. The van der Waals surface area contributed by atoms with Crippen molar-refractivity contribution < 1.29 is 19.4 Å². The number of carbonyl (C=O) groups is 2. The number of esters is 2. The van der Waals surface area contributed by atoms with Crippen molar-refractivity contribution in [3.05, 3.63) is 0 Å². The lowest BCUT2D eigenvalue weighted by Gasteiger charge is -2.00. The Morgan fingerprint density at radius 1 is 1.60 bits per heavy atom. The van der Waals surface area contributed by atoms with E-state index in [2.05, 4.69) is 4.74 Å². The van der Waals surface area contributed by atoms with E-state index >= 15 is 0 Å². The van der Waals surface area contributed by atoms with Gasteiger partial charge in [-0.25, -0.2) is 0 Å². The van der Waals surface area contributed by atoms with Gasteiger partial charge in [0.15, 0.2) is 0 Å². The fraction of sp³-hybridized carbons (Fsp3) is 0.667. The van der Waals surface area contributed by atoms with E-state index in [1.165, 1.54) is 6.92 Å². The SMILES string of the molecule is CC(=O)OC(=O)CC(C)O. The lowest BCUT2D eigenvalue weighted by atomic mass is 10.3. The Labute approximate surface area is 58.8 Å². The van der Waals surface area contributed by atoms with Crippen LogP contribution in [0, 0.1) is 0 Å². The number of rotatable bonds is 2. The lowest BCUT2D eigenvalue weighted by molar-refractivity contribution is -0.159. The normalized spacial score (nSPS) is 12.3. The molecule has 0 aliphatic carbocycles. The standard InChI is InChI=1S/C6H10O4/c1-4(7)3-6(9)10-5(2)8/h4,7H,3H2,1-2H3. The van der Waals surface area contributed by atoms with Crippen LogP contribution >= 0.6 is 0 Å². The molecule has 0 fully saturated rings. The van der Waals surface area contributed by atoms with Gasteiger partial charge >= 0.3 is 11.9 Å². The van der Waals surface area contributed by atoms with Gasteiger partial charge in [0.1, 0.15) is 0 Å². The van der Waals surface area contributed by atoms with E-state index in [1.54, 1.807) is 0 Å². The molecule has 0 aliphatic rings. The molecule has 4 heteroatoms.